The van der Waals surface area contributed by atoms with Gasteiger partial charge in [0.1, 0.15) is 18.8 Å². The van der Waals surface area contributed by atoms with Crippen LogP contribution in [0.2, 0.25) is 0 Å². The lowest BCUT2D eigenvalue weighted by Gasteiger charge is -2.50. The molecule has 1 spiro atoms. The molecule has 0 saturated heterocycles. The highest BCUT2D eigenvalue weighted by molar-refractivity contribution is 8.26. The zero-order valence-corrected chi connectivity index (χ0v) is 29.0. The van der Waals surface area contributed by atoms with E-state index < -0.39 is 45.6 Å². The van der Waals surface area contributed by atoms with Gasteiger partial charge >= 0.3 is 36.0 Å². The number of hydrogen-bond donors (Lipinski definition) is 0. The van der Waals surface area contributed by atoms with E-state index in [0.717, 1.165) is 23.5 Å². The summed E-state index contributed by atoms with van der Waals surface area (Å²) < 4.78 is 61.9. The number of thioether (sulfide) groups is 3. The number of halogens is 3. The average Bonchev–Trinajstić information content (AvgIpc) is 3.37. The lowest BCUT2D eigenvalue weighted by molar-refractivity contribution is -0.171. The van der Waals surface area contributed by atoms with Crippen LogP contribution in [0, 0.1) is 6.92 Å². The Kier molecular flexibility index (Phi) is 10.6. The van der Waals surface area contributed by atoms with E-state index in [-0.39, 0.29) is 68.4 Å². The number of carbonyl (C=O) groups excluding carboxylic acids is 5. The van der Waals surface area contributed by atoms with Crippen LogP contribution in [0.5, 0.6) is 0 Å². The molecule has 1 aromatic carbocycles. The van der Waals surface area contributed by atoms with Gasteiger partial charge in [-0.25, -0.2) is 19.2 Å². The van der Waals surface area contributed by atoms with Crippen LogP contribution < -0.4 is 4.90 Å². The second-order valence-corrected chi connectivity index (χ2v) is 14.3. The van der Waals surface area contributed by atoms with Crippen molar-refractivity contribution in [3.63, 3.8) is 0 Å². The second-order valence-electron chi connectivity index (χ2n) is 10.6. The van der Waals surface area contributed by atoms with Crippen LogP contribution in [-0.2, 0) is 42.9 Å². The molecule has 0 fully saturated rings. The number of anilines is 1. The van der Waals surface area contributed by atoms with Crippen molar-refractivity contribution in [3.8, 4) is 0 Å². The monoisotopic (exact) mass is 715 g/mol. The molecule has 3 aliphatic heterocycles. The number of alkyl halides is 3. The van der Waals surface area contributed by atoms with Gasteiger partial charge in [-0.15, -0.1) is 0 Å². The maximum atomic E-state index is 14.2. The number of esters is 4. The molecule has 3 aliphatic rings. The molecular weight excluding hydrogens is 684 g/mol. The van der Waals surface area contributed by atoms with Crippen molar-refractivity contribution >= 4 is 76.3 Å². The van der Waals surface area contributed by atoms with E-state index in [9.17, 15) is 37.1 Å². The van der Waals surface area contributed by atoms with Crippen molar-refractivity contribution in [3.05, 3.63) is 54.5 Å². The Bertz CT molecular complexity index is 1620. The van der Waals surface area contributed by atoms with E-state index in [0.29, 0.717) is 22.2 Å². The summed E-state index contributed by atoms with van der Waals surface area (Å²) in [7, 11) is 0. The predicted octanol–water partition coefficient (Wildman–Crippen LogP) is 6.03. The molecule has 47 heavy (non-hydrogen) atoms. The van der Waals surface area contributed by atoms with E-state index in [2.05, 4.69) is 0 Å². The first-order valence-electron chi connectivity index (χ1n) is 14.5. The first-order chi connectivity index (χ1) is 22.0. The van der Waals surface area contributed by atoms with E-state index in [1.165, 1.54) is 32.9 Å². The minimum absolute atomic E-state index is 0.0707. The lowest BCUT2D eigenvalue weighted by atomic mass is 9.83. The minimum Gasteiger partial charge on any atom is -0.463 e. The van der Waals surface area contributed by atoms with Crippen LogP contribution in [0.25, 0.3) is 5.57 Å². The number of rotatable bonds is 8. The first kappa shape index (κ1) is 36.5. The summed E-state index contributed by atoms with van der Waals surface area (Å²) in [6, 6.07) is 4.52. The van der Waals surface area contributed by atoms with Crippen molar-refractivity contribution in [1.29, 1.82) is 0 Å². The predicted molar refractivity (Wildman–Crippen MR) is 172 cm³/mol. The number of benzene rings is 1. The largest absolute Gasteiger partial charge is 0.471 e. The standard InChI is InChI=1S/C31H32F3NO9S3/c1-8-41-24(36)19-20(25(37)42-9-2)45-23-18(30(19)46-21(26(38)43-10-3)22(47-30)27(39)44-11-4)16-13-12-15(5)14-17(16)35(29(23,6)7)28(40)31(32,33)34/h12-14H,8-11H2,1-7H3. The fraction of sp³-hybridized carbons (Fsp3) is 0.452. The van der Waals surface area contributed by atoms with Crippen molar-refractivity contribution in [1.82, 2.24) is 0 Å². The number of ether oxygens (including phenoxy) is 4. The van der Waals surface area contributed by atoms with E-state index >= 15 is 0 Å². The molecule has 0 N–H and O–H groups in total. The Morgan fingerprint density at radius 3 is 1.70 bits per heavy atom. The Morgan fingerprint density at radius 2 is 1.23 bits per heavy atom. The molecule has 254 valence electrons. The Labute approximate surface area is 281 Å². The third kappa shape index (κ3) is 6.31. The van der Waals surface area contributed by atoms with Crippen molar-refractivity contribution in [2.45, 2.75) is 64.3 Å². The van der Waals surface area contributed by atoms with Gasteiger partial charge in [0.05, 0.1) is 43.2 Å². The molecule has 0 unspecified atom stereocenters. The highest BCUT2D eigenvalue weighted by atomic mass is 32.2. The van der Waals surface area contributed by atoms with Crippen molar-refractivity contribution in [2.75, 3.05) is 31.3 Å². The van der Waals surface area contributed by atoms with Crippen LogP contribution in [0.1, 0.15) is 52.7 Å². The number of hydrogen-bond acceptors (Lipinski definition) is 12. The Balaban J connectivity index is 2.18. The molecule has 0 radical (unpaired) electrons. The van der Waals surface area contributed by atoms with Crippen molar-refractivity contribution in [2.24, 2.45) is 0 Å². The molecule has 1 amide bonds. The highest BCUT2D eigenvalue weighted by Crippen LogP contribution is 2.71. The van der Waals surface area contributed by atoms with Crippen LogP contribution in [0.15, 0.2) is 43.4 Å². The third-order valence-corrected chi connectivity index (χ3v) is 11.8. The Morgan fingerprint density at radius 1 is 0.766 bits per heavy atom. The number of carbonyl (C=O) groups is 5. The number of fused-ring (bicyclic) bond motifs is 3. The fourth-order valence-corrected chi connectivity index (χ4v) is 10.3. The van der Waals surface area contributed by atoms with Gasteiger partial charge in [-0.1, -0.05) is 47.4 Å². The van der Waals surface area contributed by atoms with Gasteiger partial charge in [-0.05, 0) is 60.1 Å². The highest BCUT2D eigenvalue weighted by Gasteiger charge is 2.63. The summed E-state index contributed by atoms with van der Waals surface area (Å²) >= 11 is 2.12. The Hall–Kier alpha value is -3.37. The van der Waals surface area contributed by atoms with E-state index in [1.807, 2.05) is 0 Å². The second kappa shape index (κ2) is 13.6. The van der Waals surface area contributed by atoms with Crippen LogP contribution in [-0.4, -0.2) is 72.0 Å². The molecule has 0 atom stereocenters. The molecule has 4 rings (SSSR count). The number of nitrogens with zero attached hydrogens (tertiary/aromatic N) is 1. The van der Waals surface area contributed by atoms with Gasteiger partial charge in [0.25, 0.3) is 0 Å². The SMILES string of the molecule is CCOC(=O)C1=C(C(=O)OCC)SC2(S1)C(C(=O)OCC)=C(C(=O)OCC)SC1=C2c2ccc(C)cc2N(C(=O)C(F)(F)F)C1(C)C. The zero-order chi connectivity index (χ0) is 35.1. The third-order valence-electron chi connectivity index (χ3n) is 7.10. The summed E-state index contributed by atoms with van der Waals surface area (Å²) in [6.07, 6.45) is -5.28. The van der Waals surface area contributed by atoms with Gasteiger partial charge in [0.15, 0.2) is 0 Å². The fourth-order valence-electron chi connectivity index (χ4n) is 5.33. The molecular formula is C31H32F3NO9S3. The first-order valence-corrected chi connectivity index (χ1v) is 17.0. The lowest BCUT2D eigenvalue weighted by Crippen LogP contribution is -2.57. The average molecular weight is 716 g/mol. The van der Waals surface area contributed by atoms with E-state index in [4.69, 9.17) is 18.9 Å². The van der Waals surface area contributed by atoms with Crippen LogP contribution in [0.4, 0.5) is 18.9 Å². The summed E-state index contributed by atoms with van der Waals surface area (Å²) in [5.74, 6) is -5.96. The maximum Gasteiger partial charge on any atom is 0.471 e. The molecule has 0 aliphatic carbocycles. The topological polar surface area (TPSA) is 126 Å². The molecule has 0 saturated carbocycles. The van der Waals surface area contributed by atoms with Gasteiger partial charge in [-0.3, -0.25) is 9.69 Å². The zero-order valence-electron chi connectivity index (χ0n) is 26.5. The molecule has 1 aromatic rings. The van der Waals surface area contributed by atoms with Gasteiger partial charge < -0.3 is 18.9 Å². The van der Waals surface area contributed by atoms with Gasteiger partial charge in [-0.2, -0.15) is 13.2 Å². The molecule has 3 heterocycles. The van der Waals surface area contributed by atoms with Gasteiger partial charge in [0, 0.05) is 16.0 Å². The summed E-state index contributed by atoms with van der Waals surface area (Å²) in [4.78, 5) is 67.4. The van der Waals surface area contributed by atoms with Crippen LogP contribution in [0.3, 0.4) is 0 Å². The van der Waals surface area contributed by atoms with Crippen molar-refractivity contribution < 1.29 is 56.1 Å². The summed E-state index contributed by atoms with van der Waals surface area (Å²) in [5, 5.41) is 0. The summed E-state index contributed by atoms with van der Waals surface area (Å²) in [5.41, 5.74) is -1.39. The van der Waals surface area contributed by atoms with Gasteiger partial charge in [0.2, 0.25) is 0 Å². The van der Waals surface area contributed by atoms with Crippen LogP contribution >= 0.6 is 35.3 Å². The molecule has 16 heteroatoms. The minimum atomic E-state index is -5.28. The van der Waals surface area contributed by atoms with E-state index in [1.54, 1.807) is 33.8 Å². The molecule has 10 nitrogen and oxygen atoms in total. The number of aryl methyl sites for hydroxylation is 1. The quantitative estimate of drug-likeness (QED) is 0.230. The smallest absolute Gasteiger partial charge is 0.463 e. The maximum absolute atomic E-state index is 14.2. The number of amides is 1. The molecule has 0 aromatic heterocycles. The summed E-state index contributed by atoms with van der Waals surface area (Å²) in [6.45, 7) is 10.2. The molecule has 0 bridgehead atoms. The normalized spacial score (nSPS) is 18.1.